The minimum Gasteiger partial charge on any atom is -0.462 e. The van der Waals surface area contributed by atoms with E-state index >= 15 is 0 Å². The molecule has 0 unspecified atom stereocenters. The summed E-state index contributed by atoms with van der Waals surface area (Å²) in [5.74, 6) is -1.62. The molecular weight excluding hydrogens is 502 g/mol. The van der Waals surface area contributed by atoms with Crippen LogP contribution in [-0.2, 0) is 16.1 Å². The third-order valence-corrected chi connectivity index (χ3v) is 5.92. The Bertz CT molecular complexity index is 1630. The third kappa shape index (κ3) is 6.61. The molecule has 0 saturated carbocycles. The first-order valence-corrected chi connectivity index (χ1v) is 12.7. The number of aromatic nitrogens is 3. The third-order valence-electron chi connectivity index (χ3n) is 5.92. The second-order valence-electron chi connectivity index (χ2n) is 8.72. The summed E-state index contributed by atoms with van der Waals surface area (Å²) in [6.45, 7) is 9.35. The molecule has 0 bridgehead atoms. The van der Waals surface area contributed by atoms with E-state index in [-0.39, 0.29) is 39.9 Å². The molecule has 0 aromatic carbocycles. The summed E-state index contributed by atoms with van der Waals surface area (Å²) in [6, 6.07) is 4.88. The topological polar surface area (TPSA) is 138 Å². The van der Waals surface area contributed by atoms with Crippen molar-refractivity contribution < 1.29 is 19.2 Å². The van der Waals surface area contributed by atoms with E-state index in [1.165, 1.54) is 34.8 Å². The maximum atomic E-state index is 13.5. The zero-order valence-corrected chi connectivity index (χ0v) is 22.3. The Hall–Kier alpha value is -4.67. The number of fused-ring (bicyclic) bond motifs is 2. The van der Waals surface area contributed by atoms with E-state index in [0.717, 1.165) is 18.4 Å². The lowest BCUT2D eigenvalue weighted by molar-refractivity contribution is -0.426. The molecule has 39 heavy (non-hydrogen) atoms. The first-order chi connectivity index (χ1) is 18.7. The van der Waals surface area contributed by atoms with Crippen molar-refractivity contribution in [3.8, 4) is 0 Å². The molecule has 0 aliphatic rings. The maximum Gasteiger partial charge on any atom is 0.341 e. The number of pyridine rings is 2. The summed E-state index contributed by atoms with van der Waals surface area (Å²) >= 11 is 0. The lowest BCUT2D eigenvalue weighted by atomic mass is 10.2. The number of hydrogen-bond donors (Lipinski definition) is 0. The predicted octanol–water partition coefficient (Wildman–Crippen LogP) is 4.04. The molecular formula is C28H31N5O6. The van der Waals surface area contributed by atoms with E-state index in [4.69, 9.17) is 9.72 Å². The minimum atomic E-state index is -0.840. The summed E-state index contributed by atoms with van der Waals surface area (Å²) in [7, 11) is 0. The fourth-order valence-electron chi connectivity index (χ4n) is 4.04. The molecule has 0 fully saturated rings. The van der Waals surface area contributed by atoms with Crippen molar-refractivity contribution in [2.24, 2.45) is 4.99 Å². The molecule has 3 heterocycles. The number of unbranched alkanes of at least 4 members (excludes halogenated alkanes) is 2. The van der Waals surface area contributed by atoms with Crippen LogP contribution in [0.3, 0.4) is 0 Å². The lowest BCUT2D eigenvalue weighted by Crippen LogP contribution is -2.33. The molecule has 0 atom stereocenters. The summed E-state index contributed by atoms with van der Waals surface area (Å²) in [4.78, 5) is 59.3. The number of amides is 1. The summed E-state index contributed by atoms with van der Waals surface area (Å²) in [5.41, 5.74) is 0.510. The van der Waals surface area contributed by atoms with Gasteiger partial charge in [-0.25, -0.2) is 9.78 Å². The van der Waals surface area contributed by atoms with Crippen molar-refractivity contribution in [1.82, 2.24) is 14.0 Å². The van der Waals surface area contributed by atoms with Gasteiger partial charge in [0.05, 0.1) is 16.9 Å². The van der Waals surface area contributed by atoms with Crippen molar-refractivity contribution in [3.05, 3.63) is 98.1 Å². The summed E-state index contributed by atoms with van der Waals surface area (Å²) in [5, 5.41) is 11.7. The number of nitrogens with zero attached hydrogens (tertiary/aromatic N) is 5. The second kappa shape index (κ2) is 13.2. The van der Waals surface area contributed by atoms with E-state index in [1.54, 1.807) is 23.8 Å². The molecule has 0 saturated heterocycles. The van der Waals surface area contributed by atoms with Crippen LogP contribution in [0.25, 0.3) is 16.7 Å². The van der Waals surface area contributed by atoms with E-state index in [2.05, 4.69) is 11.6 Å². The Morgan fingerprint density at radius 2 is 2.00 bits per heavy atom. The second-order valence-corrected chi connectivity index (χ2v) is 8.72. The number of hydrogen-bond acceptors (Lipinski definition) is 7. The molecule has 0 N–H and O–H groups in total. The molecule has 11 heteroatoms. The highest BCUT2D eigenvalue weighted by Gasteiger charge is 2.22. The SMILES string of the molecule is C=C/C=C/C=C(/CC(=O)N=c1c(C(=O)OCC)cc2c(=O)n3cccc(C)c3nc2n1CCCCC)[N+](=O)[O-]. The van der Waals surface area contributed by atoms with Gasteiger partial charge in [-0.1, -0.05) is 50.6 Å². The zero-order chi connectivity index (χ0) is 28.5. The first kappa shape index (κ1) is 28.9. The van der Waals surface area contributed by atoms with Crippen LogP contribution in [0, 0.1) is 17.0 Å². The van der Waals surface area contributed by atoms with Gasteiger partial charge in [0.25, 0.3) is 17.2 Å². The Labute approximate surface area is 224 Å². The van der Waals surface area contributed by atoms with E-state index in [9.17, 15) is 24.5 Å². The minimum absolute atomic E-state index is 0.0537. The maximum absolute atomic E-state index is 13.5. The highest BCUT2D eigenvalue weighted by molar-refractivity contribution is 5.94. The molecule has 3 rings (SSSR count). The van der Waals surface area contributed by atoms with E-state index in [1.807, 2.05) is 19.9 Å². The van der Waals surface area contributed by atoms with Gasteiger partial charge in [0.2, 0.25) is 0 Å². The van der Waals surface area contributed by atoms with Crippen LogP contribution in [-0.4, -0.2) is 37.4 Å². The van der Waals surface area contributed by atoms with Gasteiger partial charge >= 0.3 is 5.97 Å². The average Bonchev–Trinajstić information content (AvgIpc) is 2.90. The van der Waals surface area contributed by atoms with Crippen molar-refractivity contribution in [1.29, 1.82) is 0 Å². The van der Waals surface area contributed by atoms with Gasteiger partial charge in [-0.15, -0.1) is 0 Å². The number of carbonyl (C=O) groups is 2. The number of ether oxygens (including phenoxy) is 1. The Kier molecular flexibility index (Phi) is 9.80. The fraction of sp³-hybridized carbons (Fsp3) is 0.321. The largest absolute Gasteiger partial charge is 0.462 e. The van der Waals surface area contributed by atoms with E-state index < -0.39 is 23.2 Å². The molecule has 3 aromatic rings. The predicted molar refractivity (Wildman–Crippen MR) is 147 cm³/mol. The number of nitro groups is 1. The number of allylic oxidation sites excluding steroid dienone is 4. The van der Waals surface area contributed by atoms with Crippen molar-refractivity contribution in [2.45, 2.75) is 53.0 Å². The normalized spacial score (nSPS) is 12.4. The fourth-order valence-corrected chi connectivity index (χ4v) is 4.04. The molecule has 0 spiro atoms. The van der Waals surface area contributed by atoms with Crippen molar-refractivity contribution in [3.63, 3.8) is 0 Å². The average molecular weight is 534 g/mol. The van der Waals surface area contributed by atoms with E-state index in [0.29, 0.717) is 18.6 Å². The van der Waals surface area contributed by atoms with Crippen molar-refractivity contribution >= 4 is 28.6 Å². The van der Waals surface area contributed by atoms with Crippen LogP contribution in [0.2, 0.25) is 0 Å². The van der Waals surface area contributed by atoms with Gasteiger partial charge in [0.1, 0.15) is 23.3 Å². The zero-order valence-electron chi connectivity index (χ0n) is 22.3. The molecule has 0 aliphatic carbocycles. The number of aryl methyl sites for hydroxylation is 2. The van der Waals surface area contributed by atoms with Gasteiger partial charge in [-0.05, 0) is 38.0 Å². The van der Waals surface area contributed by atoms with Crippen LogP contribution >= 0.6 is 0 Å². The molecule has 0 radical (unpaired) electrons. The van der Waals surface area contributed by atoms with Crippen LogP contribution in [0.1, 0.15) is 55.5 Å². The number of esters is 1. The molecule has 11 nitrogen and oxygen atoms in total. The first-order valence-electron chi connectivity index (χ1n) is 12.7. The van der Waals surface area contributed by atoms with Gasteiger partial charge in [0, 0.05) is 18.8 Å². The molecule has 204 valence electrons. The lowest BCUT2D eigenvalue weighted by Gasteiger charge is -2.15. The monoisotopic (exact) mass is 533 g/mol. The Balaban J connectivity index is 2.38. The number of rotatable bonds is 11. The Morgan fingerprint density at radius 3 is 2.67 bits per heavy atom. The highest BCUT2D eigenvalue weighted by Crippen LogP contribution is 2.15. The van der Waals surface area contributed by atoms with Gasteiger partial charge in [0.15, 0.2) is 5.49 Å². The summed E-state index contributed by atoms with van der Waals surface area (Å²) in [6.07, 6.45) is 8.89. The van der Waals surface area contributed by atoms with Crippen LogP contribution < -0.4 is 11.0 Å². The van der Waals surface area contributed by atoms with Crippen LogP contribution in [0.4, 0.5) is 0 Å². The highest BCUT2D eigenvalue weighted by atomic mass is 16.6. The Morgan fingerprint density at radius 1 is 1.23 bits per heavy atom. The molecule has 1 amide bonds. The van der Waals surface area contributed by atoms with Gasteiger partial charge in [-0.3, -0.25) is 24.1 Å². The number of carbonyl (C=O) groups excluding carboxylic acids is 2. The van der Waals surface area contributed by atoms with Crippen molar-refractivity contribution in [2.75, 3.05) is 6.61 Å². The van der Waals surface area contributed by atoms with Crippen LogP contribution in [0.5, 0.6) is 0 Å². The molecule has 3 aromatic heterocycles. The standard InChI is InChI=1S/C28H31N5O6/c1-5-8-10-14-20(33(37)38)17-23(34)29-26-22(28(36)39-7-3)18-21-25(31(26)15-11-9-6-2)30-24-19(4)13-12-16-32(24)27(21)35/h5,8,10,12-14,16,18H,1,6-7,9,11,15,17H2,2-4H3/b10-8+,20-14-,29-26?. The smallest absolute Gasteiger partial charge is 0.341 e. The van der Waals surface area contributed by atoms with Gasteiger partial charge in [-0.2, -0.15) is 4.99 Å². The molecule has 0 aliphatic heterocycles. The summed E-state index contributed by atoms with van der Waals surface area (Å²) < 4.78 is 8.18. The quantitative estimate of drug-likeness (QED) is 0.0905. The van der Waals surface area contributed by atoms with Crippen LogP contribution in [0.15, 0.2) is 70.8 Å². The van der Waals surface area contributed by atoms with Gasteiger partial charge < -0.3 is 9.30 Å².